The molecule has 0 heterocycles. The van der Waals surface area contributed by atoms with Gasteiger partial charge in [0.1, 0.15) is 0 Å². The Labute approximate surface area is 109 Å². The molecule has 2 aliphatic carbocycles. The summed E-state index contributed by atoms with van der Waals surface area (Å²) in [4.78, 5) is 0. The van der Waals surface area contributed by atoms with Crippen LogP contribution in [0.5, 0.6) is 0 Å². The van der Waals surface area contributed by atoms with E-state index >= 15 is 0 Å². The maximum absolute atomic E-state index is 3.34. The molecule has 0 fully saturated rings. The molecule has 2 aliphatic rings. The minimum Gasteiger partial charge on any atom is -0.113 e. The standard InChI is InChI=1S/C16H12.C2H6/c1-2-7-13-9-6-10-14-8-4-5-12-16(14)15(13)11-3-1;1-2/h1-8,10,12H,11H2;1-2H3. The quantitative estimate of drug-likeness (QED) is 0.604. The Morgan fingerprint density at radius 3 is 2.78 bits per heavy atom. The summed E-state index contributed by atoms with van der Waals surface area (Å²) in [6.07, 6.45) is 13.6. The molecule has 90 valence electrons. The first-order chi connectivity index (χ1) is 8.95. The molecule has 0 aliphatic heterocycles. The Hall–Kier alpha value is -2.04. The van der Waals surface area contributed by atoms with Crippen LogP contribution in [0.25, 0.3) is 11.6 Å². The van der Waals surface area contributed by atoms with Gasteiger partial charge in [-0.25, -0.2) is 0 Å². The summed E-state index contributed by atoms with van der Waals surface area (Å²) in [5.74, 6) is 0. The molecule has 3 rings (SSSR count). The molecule has 0 aromatic heterocycles. The van der Waals surface area contributed by atoms with Crippen molar-refractivity contribution in [3.8, 4) is 0 Å². The van der Waals surface area contributed by atoms with Gasteiger partial charge in [-0.1, -0.05) is 56.3 Å². The molecule has 18 heavy (non-hydrogen) atoms. The Morgan fingerprint density at radius 1 is 1.06 bits per heavy atom. The average molecular weight is 234 g/mol. The lowest BCUT2D eigenvalue weighted by molar-refractivity contribution is 1.36. The van der Waals surface area contributed by atoms with Gasteiger partial charge in [-0.15, -0.1) is 5.73 Å². The van der Waals surface area contributed by atoms with Crippen LogP contribution in [0, 0.1) is 0 Å². The summed E-state index contributed by atoms with van der Waals surface area (Å²) in [5, 5.41) is 2.61. The summed E-state index contributed by atoms with van der Waals surface area (Å²) in [6, 6.07) is 8.52. The molecule has 1 aromatic rings. The summed E-state index contributed by atoms with van der Waals surface area (Å²) in [6.45, 7) is 4.00. The third-order valence-corrected chi connectivity index (χ3v) is 2.94. The largest absolute Gasteiger partial charge is 0.113 e. The van der Waals surface area contributed by atoms with E-state index in [1.165, 1.54) is 21.6 Å². The maximum atomic E-state index is 3.34. The van der Waals surface area contributed by atoms with E-state index in [9.17, 15) is 0 Å². The monoisotopic (exact) mass is 234 g/mol. The van der Waals surface area contributed by atoms with Crippen molar-refractivity contribution in [2.24, 2.45) is 0 Å². The summed E-state index contributed by atoms with van der Waals surface area (Å²) < 4.78 is 0. The molecular weight excluding hydrogens is 216 g/mol. The van der Waals surface area contributed by atoms with Crippen molar-refractivity contribution in [1.29, 1.82) is 0 Å². The Morgan fingerprint density at radius 2 is 1.89 bits per heavy atom. The zero-order valence-electron chi connectivity index (χ0n) is 11.0. The predicted octanol–water partition coefficient (Wildman–Crippen LogP) is 3.26. The lowest BCUT2D eigenvalue weighted by Gasteiger charge is -2.02. The number of fused-ring (bicyclic) bond motifs is 2. The molecule has 0 saturated carbocycles. The molecule has 0 atom stereocenters. The molecule has 0 radical (unpaired) electrons. The highest BCUT2D eigenvalue weighted by atomic mass is 14.1. The zero-order chi connectivity index (χ0) is 12.8. The molecule has 0 unspecified atom stereocenters. The molecule has 0 saturated heterocycles. The lowest BCUT2D eigenvalue weighted by atomic mass is 10.0. The Kier molecular flexibility index (Phi) is 4.17. The van der Waals surface area contributed by atoms with Gasteiger partial charge in [-0.05, 0) is 40.7 Å². The van der Waals surface area contributed by atoms with Crippen molar-refractivity contribution in [2.75, 3.05) is 0 Å². The second-order valence-corrected chi connectivity index (χ2v) is 3.95. The second kappa shape index (κ2) is 6.05. The molecule has 0 spiro atoms. The van der Waals surface area contributed by atoms with Crippen LogP contribution in [0.3, 0.4) is 0 Å². The minimum absolute atomic E-state index is 0.980. The van der Waals surface area contributed by atoms with Crippen molar-refractivity contribution in [1.82, 2.24) is 0 Å². The molecule has 0 N–H and O–H groups in total. The maximum Gasteiger partial charge on any atom is 0.0205 e. The van der Waals surface area contributed by atoms with Crippen LogP contribution in [0.15, 0.2) is 65.9 Å². The van der Waals surface area contributed by atoms with E-state index in [-0.39, 0.29) is 0 Å². The highest BCUT2D eigenvalue weighted by Crippen LogP contribution is 2.18. The van der Waals surface area contributed by atoms with Crippen LogP contribution in [0.1, 0.15) is 20.3 Å². The molecule has 0 amide bonds. The van der Waals surface area contributed by atoms with Gasteiger partial charge in [0.2, 0.25) is 0 Å². The van der Waals surface area contributed by atoms with Crippen LogP contribution in [-0.2, 0) is 0 Å². The van der Waals surface area contributed by atoms with Crippen LogP contribution in [0.2, 0.25) is 0 Å². The van der Waals surface area contributed by atoms with E-state index < -0.39 is 0 Å². The van der Waals surface area contributed by atoms with Crippen molar-refractivity contribution >= 4 is 11.6 Å². The number of hydrogen-bond acceptors (Lipinski definition) is 0. The van der Waals surface area contributed by atoms with Gasteiger partial charge in [-0.2, -0.15) is 0 Å². The van der Waals surface area contributed by atoms with Crippen LogP contribution in [-0.4, -0.2) is 0 Å². The van der Waals surface area contributed by atoms with E-state index in [1.807, 2.05) is 19.9 Å². The molecule has 0 heteroatoms. The lowest BCUT2D eigenvalue weighted by Crippen LogP contribution is -2.26. The van der Waals surface area contributed by atoms with Crippen LogP contribution < -0.4 is 10.4 Å². The van der Waals surface area contributed by atoms with E-state index in [0.717, 1.165) is 6.42 Å². The summed E-state index contributed by atoms with van der Waals surface area (Å²) in [7, 11) is 0. The van der Waals surface area contributed by atoms with Gasteiger partial charge in [0.05, 0.1) is 0 Å². The van der Waals surface area contributed by atoms with E-state index in [4.69, 9.17) is 0 Å². The SMILES string of the molecule is C1=CC=c2ccccc2=C2CC=CC=CC=12.CC. The van der Waals surface area contributed by atoms with Crippen LogP contribution >= 0.6 is 0 Å². The minimum atomic E-state index is 0.980. The second-order valence-electron chi connectivity index (χ2n) is 3.95. The highest BCUT2D eigenvalue weighted by molar-refractivity contribution is 5.72. The highest BCUT2D eigenvalue weighted by Gasteiger charge is 2.05. The number of benzene rings is 1. The van der Waals surface area contributed by atoms with Crippen molar-refractivity contribution in [3.05, 3.63) is 76.4 Å². The van der Waals surface area contributed by atoms with Crippen molar-refractivity contribution in [2.45, 2.75) is 20.3 Å². The van der Waals surface area contributed by atoms with Crippen molar-refractivity contribution in [3.63, 3.8) is 0 Å². The van der Waals surface area contributed by atoms with Gasteiger partial charge in [-0.3, -0.25) is 0 Å². The van der Waals surface area contributed by atoms with Gasteiger partial charge in [0.15, 0.2) is 0 Å². The van der Waals surface area contributed by atoms with Gasteiger partial charge in [0, 0.05) is 5.57 Å². The van der Waals surface area contributed by atoms with E-state index in [1.54, 1.807) is 0 Å². The predicted molar refractivity (Wildman–Crippen MR) is 79.4 cm³/mol. The Balaban J connectivity index is 0.000000574. The zero-order valence-corrected chi connectivity index (χ0v) is 11.0. The fraction of sp³-hybridized carbons (Fsp3) is 0.167. The van der Waals surface area contributed by atoms with Gasteiger partial charge in [0.25, 0.3) is 0 Å². The smallest absolute Gasteiger partial charge is 0.0205 e. The first-order valence-corrected chi connectivity index (χ1v) is 6.54. The molecule has 0 nitrogen and oxygen atoms in total. The fourth-order valence-corrected chi connectivity index (χ4v) is 2.16. The number of allylic oxidation sites excluding steroid dienone is 5. The van der Waals surface area contributed by atoms with Crippen molar-refractivity contribution < 1.29 is 0 Å². The van der Waals surface area contributed by atoms with Crippen LogP contribution in [0.4, 0.5) is 0 Å². The fourth-order valence-electron chi connectivity index (χ4n) is 2.16. The normalized spacial score (nSPS) is 15.2. The third kappa shape index (κ3) is 2.45. The first-order valence-electron chi connectivity index (χ1n) is 6.54. The molecule has 1 aromatic carbocycles. The third-order valence-electron chi connectivity index (χ3n) is 2.94. The first kappa shape index (κ1) is 12.4. The topological polar surface area (TPSA) is 0 Å². The number of hydrogen-bond donors (Lipinski definition) is 0. The summed E-state index contributed by atoms with van der Waals surface area (Å²) in [5.41, 5.74) is 5.91. The Bertz CT molecular complexity index is 660. The summed E-state index contributed by atoms with van der Waals surface area (Å²) >= 11 is 0. The average Bonchev–Trinajstić information content (AvgIpc) is 2.75. The molecule has 0 bridgehead atoms. The van der Waals surface area contributed by atoms with E-state index in [0.29, 0.717) is 0 Å². The van der Waals surface area contributed by atoms with Gasteiger partial charge >= 0.3 is 0 Å². The van der Waals surface area contributed by atoms with Gasteiger partial charge < -0.3 is 0 Å². The number of rotatable bonds is 0. The van der Waals surface area contributed by atoms with E-state index in [2.05, 4.69) is 60.4 Å². The molecular formula is C18H18.